The van der Waals surface area contributed by atoms with E-state index in [0.29, 0.717) is 5.41 Å². The number of likely N-dealkylation sites (N-methyl/N-ethyl adjacent to an activating group) is 1. The summed E-state index contributed by atoms with van der Waals surface area (Å²) in [6.07, 6.45) is 3.60. The maximum atomic E-state index is 13.4. The fourth-order valence-corrected chi connectivity index (χ4v) is 4.89. The van der Waals surface area contributed by atoms with E-state index < -0.39 is 6.10 Å². The number of carbonyl (C=O) groups excluding carboxylic acids is 2. The molecule has 6 heteroatoms. The minimum absolute atomic E-state index is 0.00881. The number of ether oxygens (including phenoxy) is 2. The number of aryl methyl sites for hydroxylation is 1. The Hall–Kier alpha value is -1.92. The van der Waals surface area contributed by atoms with E-state index in [-0.39, 0.29) is 24.5 Å². The summed E-state index contributed by atoms with van der Waals surface area (Å²) in [4.78, 5) is 29.3. The second-order valence-corrected chi connectivity index (χ2v) is 8.48. The van der Waals surface area contributed by atoms with Gasteiger partial charge < -0.3 is 19.3 Å². The van der Waals surface area contributed by atoms with Gasteiger partial charge in [-0.3, -0.25) is 9.59 Å². The van der Waals surface area contributed by atoms with Crippen LogP contribution in [0, 0.1) is 12.3 Å². The summed E-state index contributed by atoms with van der Waals surface area (Å²) >= 11 is 0. The highest BCUT2D eigenvalue weighted by molar-refractivity contribution is 5.86. The van der Waals surface area contributed by atoms with Gasteiger partial charge in [0.1, 0.15) is 6.61 Å². The molecule has 3 heterocycles. The van der Waals surface area contributed by atoms with E-state index in [0.717, 1.165) is 63.1 Å². The Bertz CT molecular complexity index is 734. The Morgan fingerprint density at radius 1 is 1.11 bits per heavy atom. The lowest BCUT2D eigenvalue weighted by molar-refractivity contribution is -0.169. The number of likely N-dealkylation sites (tertiary alicyclic amines) is 1. The molecule has 1 spiro atoms. The maximum absolute atomic E-state index is 13.4. The molecular formula is C22H30N2O4. The highest BCUT2D eigenvalue weighted by Gasteiger charge is 2.44. The van der Waals surface area contributed by atoms with Crippen LogP contribution in [0.25, 0.3) is 0 Å². The molecule has 2 atom stereocenters. The van der Waals surface area contributed by atoms with E-state index in [1.165, 1.54) is 0 Å². The summed E-state index contributed by atoms with van der Waals surface area (Å²) < 4.78 is 11.4. The third-order valence-corrected chi connectivity index (χ3v) is 6.92. The Balaban J connectivity index is 1.52. The van der Waals surface area contributed by atoms with Crippen LogP contribution in [0.5, 0.6) is 0 Å². The van der Waals surface area contributed by atoms with Crippen LogP contribution in [0.4, 0.5) is 0 Å². The fourth-order valence-electron chi connectivity index (χ4n) is 4.89. The molecule has 0 radical (unpaired) electrons. The highest BCUT2D eigenvalue weighted by atomic mass is 16.5. The third kappa shape index (κ3) is 3.55. The molecule has 1 aromatic carbocycles. The average Bonchev–Trinajstić information content (AvgIpc) is 2.71. The molecule has 0 aromatic heterocycles. The molecule has 0 bridgehead atoms. The van der Waals surface area contributed by atoms with Gasteiger partial charge in [-0.2, -0.15) is 0 Å². The van der Waals surface area contributed by atoms with Crippen molar-refractivity contribution in [2.75, 3.05) is 40.0 Å². The summed E-state index contributed by atoms with van der Waals surface area (Å²) in [6.45, 7) is 5.17. The molecule has 28 heavy (non-hydrogen) atoms. The monoisotopic (exact) mass is 386 g/mol. The van der Waals surface area contributed by atoms with Gasteiger partial charge in [0, 0.05) is 33.4 Å². The Morgan fingerprint density at radius 3 is 2.46 bits per heavy atom. The minimum atomic E-state index is -0.646. The zero-order chi connectivity index (χ0) is 19.7. The first-order chi connectivity index (χ1) is 13.5. The zero-order valence-electron chi connectivity index (χ0n) is 16.9. The Labute approximate surface area is 166 Å². The second kappa shape index (κ2) is 7.84. The fraction of sp³-hybridized carbons (Fsp3) is 0.636. The highest BCUT2D eigenvalue weighted by Crippen LogP contribution is 2.41. The van der Waals surface area contributed by atoms with E-state index in [4.69, 9.17) is 9.47 Å². The predicted molar refractivity (Wildman–Crippen MR) is 105 cm³/mol. The number of hydrogen-bond acceptors (Lipinski definition) is 4. The van der Waals surface area contributed by atoms with Crippen molar-refractivity contribution < 1.29 is 19.1 Å². The van der Waals surface area contributed by atoms with Crippen LogP contribution in [0.15, 0.2) is 24.3 Å². The lowest BCUT2D eigenvalue weighted by Crippen LogP contribution is -2.56. The maximum Gasteiger partial charge on any atom is 0.254 e. The van der Waals surface area contributed by atoms with Gasteiger partial charge in [0.05, 0.1) is 6.04 Å². The van der Waals surface area contributed by atoms with E-state index in [1.807, 2.05) is 36.1 Å². The smallest absolute Gasteiger partial charge is 0.254 e. The van der Waals surface area contributed by atoms with Crippen molar-refractivity contribution >= 4 is 11.8 Å². The minimum Gasteiger partial charge on any atom is -0.381 e. The summed E-state index contributed by atoms with van der Waals surface area (Å²) in [5.74, 6) is -0.0772. The SMILES string of the molecule is Cc1ccccc1[C@@H]1[C@@H](C(=O)N2CCC3(CCOCC3)CC2)OCC(=O)N1C. The van der Waals surface area contributed by atoms with E-state index in [2.05, 4.69) is 0 Å². The van der Waals surface area contributed by atoms with E-state index in [9.17, 15) is 9.59 Å². The molecule has 6 nitrogen and oxygen atoms in total. The Morgan fingerprint density at radius 2 is 1.79 bits per heavy atom. The van der Waals surface area contributed by atoms with Crippen molar-refractivity contribution in [3.05, 3.63) is 35.4 Å². The predicted octanol–water partition coefficient (Wildman–Crippen LogP) is 2.31. The molecule has 3 fully saturated rings. The van der Waals surface area contributed by atoms with Crippen molar-refractivity contribution in [1.29, 1.82) is 0 Å². The summed E-state index contributed by atoms with van der Waals surface area (Å²) in [5, 5.41) is 0. The van der Waals surface area contributed by atoms with Crippen LogP contribution in [0.2, 0.25) is 0 Å². The van der Waals surface area contributed by atoms with Crippen LogP contribution >= 0.6 is 0 Å². The van der Waals surface area contributed by atoms with Gasteiger partial charge in [0.15, 0.2) is 6.10 Å². The van der Waals surface area contributed by atoms with Gasteiger partial charge in [-0.1, -0.05) is 24.3 Å². The van der Waals surface area contributed by atoms with Crippen molar-refractivity contribution in [3.8, 4) is 0 Å². The number of hydrogen-bond donors (Lipinski definition) is 0. The quantitative estimate of drug-likeness (QED) is 0.783. The first-order valence-electron chi connectivity index (χ1n) is 10.3. The summed E-state index contributed by atoms with van der Waals surface area (Å²) in [5.41, 5.74) is 2.38. The molecule has 3 aliphatic rings. The number of rotatable bonds is 2. The topological polar surface area (TPSA) is 59.1 Å². The number of amides is 2. The largest absolute Gasteiger partial charge is 0.381 e. The third-order valence-electron chi connectivity index (χ3n) is 6.92. The molecule has 0 saturated carbocycles. The normalized spacial score (nSPS) is 27.9. The van der Waals surface area contributed by atoms with Gasteiger partial charge in [-0.15, -0.1) is 0 Å². The average molecular weight is 386 g/mol. The van der Waals surface area contributed by atoms with Crippen molar-refractivity contribution in [2.24, 2.45) is 5.41 Å². The summed E-state index contributed by atoms with van der Waals surface area (Å²) in [6, 6.07) is 7.55. The van der Waals surface area contributed by atoms with E-state index >= 15 is 0 Å². The molecule has 0 N–H and O–H groups in total. The van der Waals surface area contributed by atoms with Crippen molar-refractivity contribution in [3.63, 3.8) is 0 Å². The molecule has 3 saturated heterocycles. The second-order valence-electron chi connectivity index (χ2n) is 8.48. The molecule has 152 valence electrons. The molecule has 2 amide bonds. The standard InChI is InChI=1S/C22H30N2O4/c1-16-5-3-4-6-17(16)19-20(28-15-18(25)23(19)2)21(26)24-11-7-22(8-12-24)9-13-27-14-10-22/h3-6,19-20H,7-15H2,1-2H3/t19-,20+/m1/s1. The number of carbonyl (C=O) groups is 2. The first-order valence-corrected chi connectivity index (χ1v) is 10.3. The van der Waals surface area contributed by atoms with Gasteiger partial charge in [0.2, 0.25) is 5.91 Å². The first kappa shape index (κ1) is 19.4. The molecular weight excluding hydrogens is 356 g/mol. The van der Waals surface area contributed by atoms with Gasteiger partial charge in [0.25, 0.3) is 5.91 Å². The van der Waals surface area contributed by atoms with Crippen molar-refractivity contribution in [1.82, 2.24) is 9.80 Å². The molecule has 0 aliphatic carbocycles. The summed E-state index contributed by atoms with van der Waals surface area (Å²) in [7, 11) is 1.77. The van der Waals surface area contributed by atoms with Gasteiger partial charge in [-0.05, 0) is 49.1 Å². The van der Waals surface area contributed by atoms with Crippen LogP contribution in [-0.4, -0.2) is 67.7 Å². The lowest BCUT2D eigenvalue weighted by atomic mass is 9.72. The van der Waals surface area contributed by atoms with Crippen LogP contribution in [0.1, 0.15) is 42.9 Å². The number of benzene rings is 1. The van der Waals surface area contributed by atoms with Crippen LogP contribution < -0.4 is 0 Å². The van der Waals surface area contributed by atoms with Crippen molar-refractivity contribution in [2.45, 2.75) is 44.8 Å². The van der Waals surface area contributed by atoms with Gasteiger partial charge >= 0.3 is 0 Å². The zero-order valence-corrected chi connectivity index (χ0v) is 16.9. The van der Waals surface area contributed by atoms with E-state index in [1.54, 1.807) is 11.9 Å². The van der Waals surface area contributed by atoms with Crippen LogP contribution in [-0.2, 0) is 19.1 Å². The number of piperidine rings is 1. The number of nitrogens with zero attached hydrogens (tertiary/aromatic N) is 2. The van der Waals surface area contributed by atoms with Gasteiger partial charge in [-0.25, -0.2) is 0 Å². The molecule has 1 aromatic rings. The molecule has 3 aliphatic heterocycles. The Kier molecular flexibility index (Phi) is 5.43. The lowest BCUT2D eigenvalue weighted by Gasteiger charge is -2.46. The molecule has 4 rings (SSSR count). The number of morpholine rings is 1. The van der Waals surface area contributed by atoms with Crippen LogP contribution in [0.3, 0.4) is 0 Å². The molecule has 0 unspecified atom stereocenters.